The topological polar surface area (TPSA) is 141 Å². The number of aromatic nitrogens is 3. The number of amides is 2. The number of nitrogens with one attached hydrogen (secondary N) is 2. The van der Waals surface area contributed by atoms with E-state index in [-0.39, 0.29) is 65.9 Å². The molecular weight excluding hydrogens is 724 g/mol. The van der Waals surface area contributed by atoms with Crippen molar-refractivity contribution in [1.82, 2.24) is 29.9 Å². The number of carbonyl (C=O) groups excluding carboxylic acids is 2. The largest absolute Gasteiger partial charge is 0.481 e. The number of pyridine rings is 2. The van der Waals surface area contributed by atoms with E-state index in [0.29, 0.717) is 56.4 Å². The SMILES string of the molecule is CNC(=O)C[C@H](O)CN(C)c1cnc2cc(-c3cccc(-c4cccc(-c5cc(F)c(CN(C)[C@H]6CCC(=O)N6)c(OC)n5)c4Cl)c3Cl)ccn2c1=O. The molecule has 53 heavy (non-hydrogen) atoms. The summed E-state index contributed by atoms with van der Waals surface area (Å²) in [6, 6.07) is 15.7. The van der Waals surface area contributed by atoms with Gasteiger partial charge in [-0.25, -0.2) is 14.4 Å². The van der Waals surface area contributed by atoms with Crippen LogP contribution in [0.2, 0.25) is 10.0 Å². The van der Waals surface area contributed by atoms with Gasteiger partial charge in [0.1, 0.15) is 17.2 Å². The van der Waals surface area contributed by atoms with Gasteiger partial charge >= 0.3 is 0 Å². The Morgan fingerprint density at radius 2 is 1.77 bits per heavy atom. The third kappa shape index (κ3) is 7.84. The second-order valence-corrected chi connectivity index (χ2v) is 13.6. The number of halogens is 3. The van der Waals surface area contributed by atoms with Crippen LogP contribution >= 0.6 is 23.2 Å². The number of nitrogens with zero attached hydrogens (tertiary/aromatic N) is 5. The molecule has 0 spiro atoms. The number of hydrogen-bond acceptors (Lipinski definition) is 9. The van der Waals surface area contributed by atoms with E-state index in [0.717, 1.165) is 0 Å². The molecule has 1 aliphatic heterocycles. The fraction of sp³-hybridized carbons (Fsp3) is 0.289. The molecule has 5 aromatic rings. The third-order valence-electron chi connectivity index (χ3n) is 9.30. The van der Waals surface area contributed by atoms with Crippen molar-refractivity contribution in [2.75, 3.05) is 39.7 Å². The summed E-state index contributed by atoms with van der Waals surface area (Å²) in [6.45, 7) is 0.232. The highest BCUT2D eigenvalue weighted by Crippen LogP contribution is 2.42. The van der Waals surface area contributed by atoms with Crippen LogP contribution in [0.4, 0.5) is 10.1 Å². The molecule has 12 nitrogen and oxygen atoms in total. The van der Waals surface area contributed by atoms with Crippen LogP contribution in [0.5, 0.6) is 5.88 Å². The average molecular weight is 763 g/mol. The Balaban J connectivity index is 1.29. The summed E-state index contributed by atoms with van der Waals surface area (Å²) in [5, 5.41) is 16.3. The van der Waals surface area contributed by atoms with Gasteiger partial charge in [0.25, 0.3) is 5.56 Å². The van der Waals surface area contributed by atoms with Gasteiger partial charge in [0.15, 0.2) is 0 Å². The van der Waals surface area contributed by atoms with E-state index in [2.05, 4.69) is 20.6 Å². The fourth-order valence-corrected chi connectivity index (χ4v) is 7.11. The first-order valence-corrected chi connectivity index (χ1v) is 17.6. The summed E-state index contributed by atoms with van der Waals surface area (Å²) < 4.78 is 22.6. The zero-order valence-corrected chi connectivity index (χ0v) is 31.0. The van der Waals surface area contributed by atoms with E-state index in [4.69, 9.17) is 27.9 Å². The normalized spacial score (nSPS) is 14.7. The summed E-state index contributed by atoms with van der Waals surface area (Å²) in [4.78, 5) is 49.3. The Morgan fingerprint density at radius 1 is 1.09 bits per heavy atom. The number of rotatable bonds is 12. The van der Waals surface area contributed by atoms with Crippen LogP contribution in [0, 0.1) is 5.82 Å². The van der Waals surface area contributed by atoms with E-state index >= 15 is 4.39 Å². The molecule has 2 aromatic carbocycles. The van der Waals surface area contributed by atoms with Gasteiger partial charge < -0.3 is 25.4 Å². The van der Waals surface area contributed by atoms with Gasteiger partial charge in [0.2, 0.25) is 17.7 Å². The summed E-state index contributed by atoms with van der Waals surface area (Å²) in [5.41, 5.74) is 3.88. The van der Waals surface area contributed by atoms with Gasteiger partial charge in [0, 0.05) is 68.1 Å². The number of likely N-dealkylation sites (N-methyl/N-ethyl adjacent to an activating group) is 1. The summed E-state index contributed by atoms with van der Waals surface area (Å²) >= 11 is 14.1. The number of aliphatic hydroxyl groups excluding tert-OH is 1. The van der Waals surface area contributed by atoms with E-state index in [1.165, 1.54) is 30.8 Å². The molecule has 15 heteroatoms. The first kappa shape index (κ1) is 37.7. The Hall–Kier alpha value is -5.08. The summed E-state index contributed by atoms with van der Waals surface area (Å²) in [7, 11) is 6.37. The van der Waals surface area contributed by atoms with Crippen LogP contribution < -0.4 is 25.8 Å². The van der Waals surface area contributed by atoms with Gasteiger partial charge in [-0.2, -0.15) is 0 Å². The van der Waals surface area contributed by atoms with Crippen LogP contribution in [-0.4, -0.2) is 83.3 Å². The molecule has 4 heterocycles. The second kappa shape index (κ2) is 15.9. The quantitative estimate of drug-likeness (QED) is 0.158. The average Bonchev–Trinajstić information content (AvgIpc) is 3.58. The Morgan fingerprint density at radius 3 is 2.43 bits per heavy atom. The zero-order valence-electron chi connectivity index (χ0n) is 29.5. The van der Waals surface area contributed by atoms with Gasteiger partial charge in [-0.3, -0.25) is 23.7 Å². The standard InChI is InChI=1S/C38H38Cl2FN7O5/c1-42-34(51)16-22(49)19-46(2)30-18-43-32-15-21(13-14-48(32)38(30)52)23-7-5-8-24(35(23)39)25-9-6-10-26(36(25)40)29-17-28(41)27(37(44-29)53-4)20-47(3)31-11-12-33(50)45-31/h5-10,13-15,17-18,22,31,49H,11-12,16,19-20H2,1-4H3,(H,42,51)(H,45,50)/t22-,31-/m0/s1. The summed E-state index contributed by atoms with van der Waals surface area (Å²) in [6.07, 6.45) is 2.81. The van der Waals surface area contributed by atoms with Gasteiger partial charge in [0.05, 0.1) is 53.3 Å². The minimum Gasteiger partial charge on any atom is -0.481 e. The van der Waals surface area contributed by atoms with Crippen molar-refractivity contribution in [2.45, 2.75) is 38.1 Å². The fourth-order valence-electron chi connectivity index (χ4n) is 6.45. The molecule has 0 unspecified atom stereocenters. The molecule has 1 fully saturated rings. The molecule has 3 N–H and O–H groups in total. The monoisotopic (exact) mass is 761 g/mol. The predicted molar refractivity (Wildman–Crippen MR) is 203 cm³/mol. The molecule has 2 amide bonds. The zero-order chi connectivity index (χ0) is 38.0. The van der Waals surface area contributed by atoms with Crippen molar-refractivity contribution in [2.24, 2.45) is 0 Å². The minimum absolute atomic E-state index is 0.0393. The van der Waals surface area contributed by atoms with E-state index < -0.39 is 11.9 Å². The van der Waals surface area contributed by atoms with Gasteiger partial charge in [-0.05, 0) is 31.2 Å². The molecule has 0 aliphatic carbocycles. The van der Waals surface area contributed by atoms with Crippen molar-refractivity contribution in [1.29, 1.82) is 0 Å². The number of methoxy groups -OCH3 is 1. The molecule has 0 bridgehead atoms. The second-order valence-electron chi connectivity index (χ2n) is 12.9. The first-order valence-electron chi connectivity index (χ1n) is 16.8. The number of benzene rings is 2. The van der Waals surface area contributed by atoms with Crippen molar-refractivity contribution < 1.29 is 23.8 Å². The number of fused-ring (bicyclic) bond motifs is 1. The highest BCUT2D eigenvalue weighted by atomic mass is 35.5. The number of aliphatic hydroxyl groups is 1. The Labute approximate surface area is 315 Å². The number of carbonyl (C=O) groups is 2. The lowest BCUT2D eigenvalue weighted by Crippen LogP contribution is -2.40. The maximum absolute atomic E-state index is 15.7. The molecule has 6 rings (SSSR count). The number of anilines is 1. The molecule has 1 aliphatic rings. The molecule has 276 valence electrons. The summed E-state index contributed by atoms with van der Waals surface area (Å²) in [5.74, 6) is -0.756. The molecule has 0 radical (unpaired) electrons. The molecular formula is C38H38Cl2FN7O5. The van der Waals surface area contributed by atoms with Crippen LogP contribution in [0.25, 0.3) is 39.2 Å². The highest BCUT2D eigenvalue weighted by Gasteiger charge is 2.27. The van der Waals surface area contributed by atoms with E-state index in [1.54, 1.807) is 49.5 Å². The Kier molecular flexibility index (Phi) is 11.3. The number of ether oxygens (including phenoxy) is 1. The van der Waals surface area contributed by atoms with Crippen molar-refractivity contribution in [3.05, 3.63) is 98.8 Å². The highest BCUT2D eigenvalue weighted by molar-refractivity contribution is 6.39. The van der Waals surface area contributed by atoms with Crippen molar-refractivity contribution in [3.8, 4) is 39.4 Å². The van der Waals surface area contributed by atoms with E-state index in [9.17, 15) is 19.5 Å². The lowest BCUT2D eigenvalue weighted by molar-refractivity contribution is -0.122. The van der Waals surface area contributed by atoms with Gasteiger partial charge in [-0.15, -0.1) is 0 Å². The molecule has 3 aromatic heterocycles. The van der Waals surface area contributed by atoms with Crippen LogP contribution in [-0.2, 0) is 16.1 Å². The minimum atomic E-state index is -0.974. The van der Waals surface area contributed by atoms with Crippen molar-refractivity contribution >= 4 is 46.4 Å². The Bertz CT molecular complexity index is 2270. The van der Waals surface area contributed by atoms with Gasteiger partial charge in [-0.1, -0.05) is 59.6 Å². The smallest absolute Gasteiger partial charge is 0.281 e. The number of hydrogen-bond donors (Lipinski definition) is 3. The van der Waals surface area contributed by atoms with Crippen LogP contribution in [0.1, 0.15) is 24.8 Å². The van der Waals surface area contributed by atoms with Crippen LogP contribution in [0.15, 0.2) is 71.8 Å². The van der Waals surface area contributed by atoms with Crippen LogP contribution in [0.3, 0.4) is 0 Å². The first-order chi connectivity index (χ1) is 25.4. The van der Waals surface area contributed by atoms with E-state index in [1.807, 2.05) is 29.2 Å². The molecule has 0 saturated carbocycles. The molecule has 2 atom stereocenters. The maximum Gasteiger partial charge on any atom is 0.281 e. The molecule has 1 saturated heterocycles. The van der Waals surface area contributed by atoms with Crippen molar-refractivity contribution in [3.63, 3.8) is 0 Å². The maximum atomic E-state index is 15.7. The lowest BCUT2D eigenvalue weighted by atomic mass is 9.97. The lowest BCUT2D eigenvalue weighted by Gasteiger charge is -2.25. The third-order valence-corrected chi connectivity index (χ3v) is 10.1. The predicted octanol–water partition coefficient (Wildman–Crippen LogP) is 5.15.